The molecule has 0 saturated heterocycles. The summed E-state index contributed by atoms with van der Waals surface area (Å²) in [7, 11) is 0. The smallest absolute Gasteiger partial charge is 0.408 e. The third-order valence-corrected chi connectivity index (χ3v) is 3.15. The first-order valence-electron chi connectivity index (χ1n) is 7.56. The van der Waals surface area contributed by atoms with E-state index in [-0.39, 0.29) is 25.0 Å². The Bertz CT molecular complexity index is 561. The molecule has 6 heteroatoms. The molecule has 0 heterocycles. The van der Waals surface area contributed by atoms with Crippen LogP contribution in [0.15, 0.2) is 24.3 Å². The zero-order chi connectivity index (χ0) is 17.2. The van der Waals surface area contributed by atoms with Crippen LogP contribution in [0.25, 0.3) is 0 Å². The summed E-state index contributed by atoms with van der Waals surface area (Å²) in [6, 6.07) is 8.76. The molecule has 0 bridgehead atoms. The van der Waals surface area contributed by atoms with E-state index in [1.807, 2.05) is 51.1 Å². The summed E-state index contributed by atoms with van der Waals surface area (Å²) in [4.78, 5) is 23.8. The monoisotopic (exact) mass is 317 g/mol. The van der Waals surface area contributed by atoms with Crippen LogP contribution in [-0.4, -0.2) is 24.6 Å². The molecule has 0 aromatic heterocycles. The summed E-state index contributed by atoms with van der Waals surface area (Å²) in [6.07, 6.45) is -0.181. The molecule has 0 fully saturated rings. The van der Waals surface area contributed by atoms with E-state index in [0.717, 1.165) is 11.1 Å². The van der Waals surface area contributed by atoms with Crippen LogP contribution in [0.2, 0.25) is 0 Å². The zero-order valence-corrected chi connectivity index (χ0v) is 13.8. The van der Waals surface area contributed by atoms with Crippen molar-refractivity contribution in [2.45, 2.75) is 39.8 Å². The molecule has 1 aromatic carbocycles. The Kier molecular flexibility index (Phi) is 7.61. The lowest BCUT2D eigenvalue weighted by molar-refractivity contribution is -0.123. The molecule has 0 aliphatic rings. The fourth-order valence-electron chi connectivity index (χ4n) is 1.97. The van der Waals surface area contributed by atoms with Gasteiger partial charge in [0.05, 0.1) is 6.07 Å². The van der Waals surface area contributed by atoms with Gasteiger partial charge in [0, 0.05) is 0 Å². The van der Waals surface area contributed by atoms with Gasteiger partial charge in [-0.1, -0.05) is 43.7 Å². The lowest BCUT2D eigenvalue weighted by atomic mass is 10.0. The van der Waals surface area contributed by atoms with E-state index in [1.165, 1.54) is 0 Å². The maximum absolute atomic E-state index is 12.0. The number of nitrogens with zero attached hydrogens (tertiary/aromatic N) is 1. The van der Waals surface area contributed by atoms with E-state index in [2.05, 4.69) is 10.6 Å². The topological polar surface area (TPSA) is 91.2 Å². The van der Waals surface area contributed by atoms with Crippen LogP contribution < -0.4 is 10.6 Å². The number of aryl methyl sites for hydroxylation is 1. The molecule has 2 amide bonds. The molecule has 23 heavy (non-hydrogen) atoms. The average Bonchev–Trinajstić information content (AvgIpc) is 2.51. The van der Waals surface area contributed by atoms with Gasteiger partial charge >= 0.3 is 6.09 Å². The summed E-state index contributed by atoms with van der Waals surface area (Å²) >= 11 is 0. The molecule has 6 nitrogen and oxygen atoms in total. The van der Waals surface area contributed by atoms with E-state index in [4.69, 9.17) is 10.00 Å². The fraction of sp³-hybridized carbons (Fsp3) is 0.471. The van der Waals surface area contributed by atoms with Crippen LogP contribution in [0.5, 0.6) is 0 Å². The molecule has 1 aromatic rings. The van der Waals surface area contributed by atoms with Crippen molar-refractivity contribution in [2.75, 3.05) is 6.54 Å². The first kappa shape index (κ1) is 18.5. The Balaban J connectivity index is 2.53. The summed E-state index contributed by atoms with van der Waals surface area (Å²) in [5.41, 5.74) is 2.00. The molecule has 0 saturated carbocycles. The molecule has 124 valence electrons. The number of carbonyl (C=O) groups excluding carboxylic acids is 2. The Hall–Kier alpha value is -2.55. The van der Waals surface area contributed by atoms with Gasteiger partial charge in [-0.25, -0.2) is 4.79 Å². The molecule has 0 aliphatic carbocycles. The average molecular weight is 317 g/mol. The number of benzene rings is 1. The number of carbonyl (C=O) groups is 2. The van der Waals surface area contributed by atoms with Crippen molar-refractivity contribution in [1.82, 2.24) is 10.6 Å². The molecule has 0 aliphatic heterocycles. The van der Waals surface area contributed by atoms with Crippen molar-refractivity contribution in [3.05, 3.63) is 35.4 Å². The number of amides is 2. The van der Waals surface area contributed by atoms with Crippen molar-refractivity contribution in [1.29, 1.82) is 5.26 Å². The van der Waals surface area contributed by atoms with E-state index in [0.29, 0.717) is 6.42 Å². The summed E-state index contributed by atoms with van der Waals surface area (Å²) in [5.74, 6) is -0.169. The van der Waals surface area contributed by atoms with Gasteiger partial charge in [0.15, 0.2) is 0 Å². The number of hydrogen-bond donors (Lipinski definition) is 2. The largest absolute Gasteiger partial charge is 0.445 e. The van der Waals surface area contributed by atoms with Crippen LogP contribution in [0.1, 0.15) is 31.4 Å². The summed E-state index contributed by atoms with van der Waals surface area (Å²) < 4.78 is 5.14. The molecule has 1 atom stereocenters. The predicted molar refractivity (Wildman–Crippen MR) is 86.4 cm³/mol. The minimum absolute atomic E-state index is 0.0898. The normalized spacial score (nSPS) is 11.4. The van der Waals surface area contributed by atoms with Gasteiger partial charge < -0.3 is 15.4 Å². The second kappa shape index (κ2) is 9.46. The van der Waals surface area contributed by atoms with Crippen molar-refractivity contribution >= 4 is 12.0 Å². The summed E-state index contributed by atoms with van der Waals surface area (Å²) in [5, 5.41) is 13.5. The molecule has 2 N–H and O–H groups in total. The highest BCUT2D eigenvalue weighted by Crippen LogP contribution is 2.07. The highest BCUT2D eigenvalue weighted by atomic mass is 16.5. The van der Waals surface area contributed by atoms with Gasteiger partial charge in [-0.15, -0.1) is 0 Å². The quantitative estimate of drug-likeness (QED) is 0.755. The summed E-state index contributed by atoms with van der Waals surface area (Å²) in [6.45, 7) is 5.93. The van der Waals surface area contributed by atoms with Crippen molar-refractivity contribution in [2.24, 2.45) is 5.92 Å². The third-order valence-electron chi connectivity index (χ3n) is 3.15. The highest BCUT2D eigenvalue weighted by molar-refractivity contribution is 5.85. The van der Waals surface area contributed by atoms with E-state index in [1.54, 1.807) is 0 Å². The second-order valence-corrected chi connectivity index (χ2v) is 5.76. The van der Waals surface area contributed by atoms with Crippen LogP contribution in [-0.2, 0) is 16.1 Å². The SMILES string of the molecule is Cc1ccc(COC(=O)N[C@@H](CC(C)C)C(=O)NCC#N)cc1. The molecular weight excluding hydrogens is 294 g/mol. The van der Waals surface area contributed by atoms with Crippen LogP contribution >= 0.6 is 0 Å². The number of nitrogens with one attached hydrogen (secondary N) is 2. The van der Waals surface area contributed by atoms with Gasteiger partial charge in [-0.3, -0.25) is 4.79 Å². The molecular formula is C17H23N3O3. The van der Waals surface area contributed by atoms with E-state index < -0.39 is 12.1 Å². The number of alkyl carbamates (subject to hydrolysis) is 1. The number of hydrogen-bond acceptors (Lipinski definition) is 4. The van der Waals surface area contributed by atoms with Crippen molar-refractivity contribution < 1.29 is 14.3 Å². The number of nitriles is 1. The minimum Gasteiger partial charge on any atom is -0.445 e. The maximum atomic E-state index is 12.0. The Morgan fingerprint density at radius 1 is 1.26 bits per heavy atom. The van der Waals surface area contributed by atoms with Gasteiger partial charge in [-0.2, -0.15) is 5.26 Å². The first-order valence-corrected chi connectivity index (χ1v) is 7.56. The van der Waals surface area contributed by atoms with Gasteiger partial charge in [0.1, 0.15) is 19.2 Å². The first-order chi connectivity index (χ1) is 10.9. The maximum Gasteiger partial charge on any atom is 0.408 e. The number of rotatable bonds is 7. The van der Waals surface area contributed by atoms with E-state index >= 15 is 0 Å². The van der Waals surface area contributed by atoms with Gasteiger partial charge in [0.25, 0.3) is 0 Å². The predicted octanol–water partition coefficient (Wildman–Crippen LogP) is 2.28. The van der Waals surface area contributed by atoms with Crippen molar-refractivity contribution in [3.63, 3.8) is 0 Å². The minimum atomic E-state index is -0.714. The lowest BCUT2D eigenvalue weighted by Crippen LogP contribution is -2.47. The van der Waals surface area contributed by atoms with Gasteiger partial charge in [-0.05, 0) is 24.8 Å². The van der Waals surface area contributed by atoms with Gasteiger partial charge in [0.2, 0.25) is 5.91 Å². The molecule has 1 rings (SSSR count). The molecule has 0 unspecified atom stereocenters. The Morgan fingerprint density at radius 3 is 2.48 bits per heavy atom. The highest BCUT2D eigenvalue weighted by Gasteiger charge is 2.22. The van der Waals surface area contributed by atoms with Crippen LogP contribution in [0.4, 0.5) is 4.79 Å². The molecule has 0 radical (unpaired) electrons. The lowest BCUT2D eigenvalue weighted by Gasteiger charge is -2.19. The van der Waals surface area contributed by atoms with E-state index in [9.17, 15) is 9.59 Å². The zero-order valence-electron chi connectivity index (χ0n) is 13.8. The second-order valence-electron chi connectivity index (χ2n) is 5.76. The standard InChI is InChI=1S/C17H23N3O3/c1-12(2)10-15(16(21)19-9-8-18)20-17(22)23-11-14-6-4-13(3)5-7-14/h4-7,12,15H,9-11H2,1-3H3,(H,19,21)(H,20,22)/t15-/m0/s1. The fourth-order valence-corrected chi connectivity index (χ4v) is 1.97. The Morgan fingerprint density at radius 2 is 1.91 bits per heavy atom. The number of ether oxygens (including phenoxy) is 1. The van der Waals surface area contributed by atoms with Crippen molar-refractivity contribution in [3.8, 4) is 6.07 Å². The molecule has 0 spiro atoms. The third kappa shape index (κ3) is 7.32. The van der Waals surface area contributed by atoms with Crippen LogP contribution in [0, 0.1) is 24.2 Å². The Labute approximate surface area is 136 Å². The van der Waals surface area contributed by atoms with Crippen LogP contribution in [0.3, 0.4) is 0 Å².